The third-order valence-corrected chi connectivity index (χ3v) is 5.20. The Labute approximate surface area is 173 Å². The van der Waals surface area contributed by atoms with Crippen molar-refractivity contribution >= 4 is 23.5 Å². The lowest BCUT2D eigenvalue weighted by Gasteiger charge is -2.22. The molecule has 29 heavy (non-hydrogen) atoms. The number of fused-ring (bicyclic) bond motifs is 1. The number of hydrogen-bond acceptors (Lipinski definition) is 5. The summed E-state index contributed by atoms with van der Waals surface area (Å²) in [4.78, 5) is 26.5. The van der Waals surface area contributed by atoms with E-state index in [0.29, 0.717) is 41.7 Å². The zero-order valence-electron chi connectivity index (χ0n) is 15.9. The molecule has 152 valence electrons. The van der Waals surface area contributed by atoms with Gasteiger partial charge in [0.1, 0.15) is 11.3 Å². The summed E-state index contributed by atoms with van der Waals surface area (Å²) >= 11 is 5.85. The Bertz CT molecular complexity index is 933. The number of ether oxygens (including phenoxy) is 3. The predicted octanol–water partition coefficient (Wildman–Crippen LogP) is 3.39. The quantitative estimate of drug-likeness (QED) is 0.553. The van der Waals surface area contributed by atoms with Crippen molar-refractivity contribution in [2.75, 3.05) is 19.9 Å². The number of benzene rings is 2. The second-order valence-electron chi connectivity index (χ2n) is 7.24. The van der Waals surface area contributed by atoms with E-state index in [0.717, 1.165) is 5.56 Å². The first-order valence-electron chi connectivity index (χ1n) is 9.36. The lowest BCUT2D eigenvalue weighted by Crippen LogP contribution is -2.46. The number of carbonyl (C=O) groups excluding carboxylic acids is 2. The fourth-order valence-corrected chi connectivity index (χ4v) is 3.60. The Kier molecular flexibility index (Phi) is 5.24. The van der Waals surface area contributed by atoms with Gasteiger partial charge in [-0.05, 0) is 55.3 Å². The summed E-state index contributed by atoms with van der Waals surface area (Å²) in [5.74, 6) is 1.79. The molecule has 1 saturated heterocycles. The van der Waals surface area contributed by atoms with Crippen LogP contribution in [0.5, 0.6) is 17.2 Å². The third-order valence-electron chi connectivity index (χ3n) is 4.95. The van der Waals surface area contributed by atoms with E-state index in [4.69, 9.17) is 25.8 Å². The zero-order valence-corrected chi connectivity index (χ0v) is 16.7. The maximum absolute atomic E-state index is 12.9. The van der Waals surface area contributed by atoms with Crippen molar-refractivity contribution < 1.29 is 23.8 Å². The number of nitrogens with zero attached hydrogens (tertiary/aromatic N) is 1. The Morgan fingerprint density at radius 3 is 2.69 bits per heavy atom. The van der Waals surface area contributed by atoms with Crippen LogP contribution in [0.3, 0.4) is 0 Å². The molecule has 0 radical (unpaired) electrons. The topological polar surface area (TPSA) is 77.1 Å². The second-order valence-corrected chi connectivity index (χ2v) is 7.68. The van der Waals surface area contributed by atoms with Crippen LogP contribution in [0.1, 0.15) is 18.9 Å². The molecule has 0 bridgehead atoms. The molecule has 1 fully saturated rings. The highest BCUT2D eigenvalue weighted by Gasteiger charge is 2.47. The van der Waals surface area contributed by atoms with Crippen molar-refractivity contribution in [2.24, 2.45) is 0 Å². The van der Waals surface area contributed by atoms with Crippen molar-refractivity contribution in [3.63, 3.8) is 0 Å². The molecule has 1 atom stereocenters. The molecular formula is C21H21ClN2O5. The summed E-state index contributed by atoms with van der Waals surface area (Å²) < 4.78 is 16.3. The van der Waals surface area contributed by atoms with Gasteiger partial charge in [-0.25, -0.2) is 4.79 Å². The Hall–Kier alpha value is -2.93. The molecule has 0 aliphatic carbocycles. The van der Waals surface area contributed by atoms with Crippen LogP contribution in [0.15, 0.2) is 42.5 Å². The van der Waals surface area contributed by atoms with Gasteiger partial charge in [-0.2, -0.15) is 0 Å². The first kappa shape index (κ1) is 19.4. The summed E-state index contributed by atoms with van der Waals surface area (Å²) in [5, 5.41) is 3.46. The van der Waals surface area contributed by atoms with E-state index in [9.17, 15) is 9.59 Å². The smallest absolute Gasteiger partial charge is 0.325 e. The Balaban J connectivity index is 1.33. The summed E-state index contributed by atoms with van der Waals surface area (Å²) in [6.45, 7) is 2.60. The molecule has 1 N–H and O–H groups in total. The highest BCUT2D eigenvalue weighted by atomic mass is 35.5. The van der Waals surface area contributed by atoms with E-state index in [2.05, 4.69) is 5.32 Å². The van der Waals surface area contributed by atoms with Gasteiger partial charge in [0.15, 0.2) is 11.5 Å². The molecule has 8 heteroatoms. The van der Waals surface area contributed by atoms with E-state index in [-0.39, 0.29) is 25.3 Å². The van der Waals surface area contributed by atoms with Crippen molar-refractivity contribution in [1.82, 2.24) is 10.2 Å². The maximum Gasteiger partial charge on any atom is 0.325 e. The number of urea groups is 1. The largest absolute Gasteiger partial charge is 0.494 e. The molecule has 7 nitrogen and oxygen atoms in total. The average Bonchev–Trinajstić information content (AvgIpc) is 3.23. The molecule has 0 saturated carbocycles. The van der Waals surface area contributed by atoms with Gasteiger partial charge in [-0.15, -0.1) is 0 Å². The summed E-state index contributed by atoms with van der Waals surface area (Å²) in [6, 6.07) is 12.2. The van der Waals surface area contributed by atoms with Crippen LogP contribution in [0.4, 0.5) is 4.79 Å². The van der Waals surface area contributed by atoms with Gasteiger partial charge >= 0.3 is 6.03 Å². The van der Waals surface area contributed by atoms with Crippen LogP contribution >= 0.6 is 11.6 Å². The van der Waals surface area contributed by atoms with Gasteiger partial charge in [0, 0.05) is 18.0 Å². The lowest BCUT2D eigenvalue weighted by molar-refractivity contribution is -0.130. The summed E-state index contributed by atoms with van der Waals surface area (Å²) in [7, 11) is 0. The molecule has 0 aromatic heterocycles. The fraction of sp³-hybridized carbons (Fsp3) is 0.333. The van der Waals surface area contributed by atoms with E-state index in [1.165, 1.54) is 4.90 Å². The number of hydrogen-bond donors (Lipinski definition) is 1. The second kappa shape index (κ2) is 7.83. The van der Waals surface area contributed by atoms with Gasteiger partial charge in [-0.1, -0.05) is 17.7 Å². The highest BCUT2D eigenvalue weighted by molar-refractivity contribution is 6.30. The van der Waals surface area contributed by atoms with Crippen LogP contribution in [0, 0.1) is 0 Å². The van der Waals surface area contributed by atoms with Crippen molar-refractivity contribution in [3.05, 3.63) is 53.1 Å². The van der Waals surface area contributed by atoms with E-state index < -0.39 is 5.54 Å². The molecule has 4 rings (SSSR count). The van der Waals surface area contributed by atoms with Crippen molar-refractivity contribution in [3.8, 4) is 17.2 Å². The molecule has 1 unspecified atom stereocenters. The van der Waals surface area contributed by atoms with Gasteiger partial charge < -0.3 is 19.5 Å². The van der Waals surface area contributed by atoms with Crippen LogP contribution in [0.25, 0.3) is 0 Å². The Morgan fingerprint density at radius 2 is 1.90 bits per heavy atom. The van der Waals surface area contributed by atoms with Crippen LogP contribution in [-0.2, 0) is 11.2 Å². The zero-order chi connectivity index (χ0) is 20.4. The number of halogens is 1. The molecule has 2 heterocycles. The molecule has 3 amide bonds. The fourth-order valence-electron chi connectivity index (χ4n) is 3.47. The van der Waals surface area contributed by atoms with Crippen LogP contribution < -0.4 is 19.5 Å². The van der Waals surface area contributed by atoms with Crippen LogP contribution in [-0.4, -0.2) is 42.3 Å². The first-order valence-corrected chi connectivity index (χ1v) is 9.73. The highest BCUT2D eigenvalue weighted by Crippen LogP contribution is 2.34. The standard InChI is InChI=1S/C21H21ClN2O5/c1-21(12-14-3-8-17-18(11-14)29-13-28-17)19(25)24(20(26)23-21)9-2-10-27-16-6-4-15(22)5-7-16/h3-8,11H,2,9-10,12-13H2,1H3,(H,23,26). The summed E-state index contributed by atoms with van der Waals surface area (Å²) in [5.41, 5.74) is -0.111. The molecule has 0 spiro atoms. The minimum atomic E-state index is -0.998. The SMILES string of the molecule is CC1(Cc2ccc3c(c2)OCO3)NC(=O)N(CCCOc2ccc(Cl)cc2)C1=O. The normalized spacial score (nSPS) is 20.1. The molecular weight excluding hydrogens is 396 g/mol. The number of carbonyl (C=O) groups is 2. The van der Waals surface area contributed by atoms with Gasteiger partial charge in [0.25, 0.3) is 5.91 Å². The van der Waals surface area contributed by atoms with E-state index in [1.54, 1.807) is 31.2 Å². The number of rotatable bonds is 7. The maximum atomic E-state index is 12.9. The molecule has 2 aromatic rings. The molecule has 2 aromatic carbocycles. The van der Waals surface area contributed by atoms with E-state index in [1.807, 2.05) is 18.2 Å². The number of imide groups is 1. The van der Waals surface area contributed by atoms with Crippen LogP contribution in [0.2, 0.25) is 5.02 Å². The predicted molar refractivity (Wildman–Crippen MR) is 106 cm³/mol. The van der Waals surface area contributed by atoms with Gasteiger partial charge in [0.2, 0.25) is 6.79 Å². The Morgan fingerprint density at radius 1 is 1.14 bits per heavy atom. The minimum Gasteiger partial charge on any atom is -0.494 e. The molecule has 2 aliphatic heterocycles. The number of amides is 3. The van der Waals surface area contributed by atoms with Gasteiger partial charge in [-0.3, -0.25) is 9.69 Å². The number of nitrogens with one attached hydrogen (secondary N) is 1. The first-order chi connectivity index (χ1) is 13.9. The molecule has 2 aliphatic rings. The average molecular weight is 417 g/mol. The van der Waals surface area contributed by atoms with Crippen molar-refractivity contribution in [2.45, 2.75) is 25.3 Å². The van der Waals surface area contributed by atoms with Gasteiger partial charge in [0.05, 0.1) is 6.61 Å². The lowest BCUT2D eigenvalue weighted by atomic mass is 9.92. The van der Waals surface area contributed by atoms with Crippen molar-refractivity contribution in [1.29, 1.82) is 0 Å². The summed E-state index contributed by atoms with van der Waals surface area (Å²) in [6.07, 6.45) is 0.897. The van der Waals surface area contributed by atoms with E-state index >= 15 is 0 Å². The monoisotopic (exact) mass is 416 g/mol. The minimum absolute atomic E-state index is 0.192. The third kappa shape index (κ3) is 4.10.